The van der Waals surface area contributed by atoms with Gasteiger partial charge in [0.05, 0.1) is 0 Å². The van der Waals surface area contributed by atoms with E-state index in [1.54, 1.807) is 0 Å². The summed E-state index contributed by atoms with van der Waals surface area (Å²) in [5.74, 6) is 0. The van der Waals surface area contributed by atoms with E-state index in [4.69, 9.17) is 5.73 Å². The van der Waals surface area contributed by atoms with E-state index in [9.17, 15) is 0 Å². The van der Waals surface area contributed by atoms with Gasteiger partial charge in [0.25, 0.3) is 0 Å². The van der Waals surface area contributed by atoms with E-state index in [-0.39, 0.29) is 0 Å². The highest BCUT2D eigenvalue weighted by Crippen LogP contribution is 2.19. The Morgan fingerprint density at radius 2 is 2.46 bits per heavy atom. The van der Waals surface area contributed by atoms with E-state index < -0.39 is 0 Å². The summed E-state index contributed by atoms with van der Waals surface area (Å²) >= 11 is 1.89. The molecule has 1 saturated heterocycles. The standard InChI is InChI=1S/C10H16N2S/c1-8-2-3-10(13-8)7-12-5-4-9(11)6-12/h2-3,9H,4-7,11H2,1H3/t9-/m1/s1. The first kappa shape index (κ1) is 9.19. The van der Waals surface area contributed by atoms with Crippen LogP contribution in [0.25, 0.3) is 0 Å². The predicted octanol–water partition coefficient (Wildman–Crippen LogP) is 1.59. The molecule has 13 heavy (non-hydrogen) atoms. The maximum Gasteiger partial charge on any atom is 0.0328 e. The number of hydrogen-bond acceptors (Lipinski definition) is 3. The molecule has 2 nitrogen and oxygen atoms in total. The largest absolute Gasteiger partial charge is 0.326 e. The van der Waals surface area contributed by atoms with Crippen molar-refractivity contribution in [1.29, 1.82) is 0 Å². The molecule has 0 amide bonds. The molecular formula is C10H16N2S. The van der Waals surface area contributed by atoms with Crippen LogP contribution in [0.5, 0.6) is 0 Å². The first-order valence-electron chi connectivity index (χ1n) is 4.77. The highest BCUT2D eigenvalue weighted by molar-refractivity contribution is 7.11. The second-order valence-electron chi connectivity index (χ2n) is 3.80. The molecule has 0 spiro atoms. The molecule has 72 valence electrons. The lowest BCUT2D eigenvalue weighted by Crippen LogP contribution is -2.25. The van der Waals surface area contributed by atoms with Crippen LogP contribution in [0.15, 0.2) is 12.1 Å². The molecule has 0 unspecified atom stereocenters. The SMILES string of the molecule is Cc1ccc(CN2CC[C@@H](N)C2)s1. The number of nitrogens with zero attached hydrogens (tertiary/aromatic N) is 1. The van der Waals surface area contributed by atoms with Crippen molar-refractivity contribution in [3.05, 3.63) is 21.9 Å². The maximum absolute atomic E-state index is 5.85. The molecule has 0 aromatic carbocycles. The summed E-state index contributed by atoms with van der Waals surface area (Å²) in [5.41, 5.74) is 5.85. The zero-order valence-corrected chi connectivity index (χ0v) is 8.81. The lowest BCUT2D eigenvalue weighted by atomic mass is 10.3. The molecule has 0 saturated carbocycles. The van der Waals surface area contributed by atoms with Crippen LogP contribution < -0.4 is 5.73 Å². The van der Waals surface area contributed by atoms with Gasteiger partial charge >= 0.3 is 0 Å². The second-order valence-corrected chi connectivity index (χ2v) is 5.17. The molecule has 0 radical (unpaired) electrons. The van der Waals surface area contributed by atoms with E-state index >= 15 is 0 Å². The fraction of sp³-hybridized carbons (Fsp3) is 0.600. The first-order chi connectivity index (χ1) is 6.24. The quantitative estimate of drug-likeness (QED) is 0.778. The van der Waals surface area contributed by atoms with Gasteiger partial charge < -0.3 is 5.73 Å². The highest BCUT2D eigenvalue weighted by Gasteiger charge is 2.18. The molecule has 1 aromatic heterocycles. The van der Waals surface area contributed by atoms with Gasteiger partial charge in [-0.05, 0) is 25.5 Å². The Morgan fingerprint density at radius 1 is 1.62 bits per heavy atom. The number of likely N-dealkylation sites (tertiary alicyclic amines) is 1. The van der Waals surface area contributed by atoms with Crippen molar-refractivity contribution in [2.24, 2.45) is 5.73 Å². The number of hydrogen-bond donors (Lipinski definition) is 1. The molecule has 0 bridgehead atoms. The number of aryl methyl sites for hydroxylation is 1. The Hall–Kier alpha value is -0.380. The molecule has 2 rings (SSSR count). The average molecular weight is 196 g/mol. The van der Waals surface area contributed by atoms with Gasteiger partial charge in [0, 0.05) is 35.4 Å². The minimum atomic E-state index is 0.404. The molecule has 2 N–H and O–H groups in total. The smallest absolute Gasteiger partial charge is 0.0328 e. The van der Waals surface area contributed by atoms with Crippen molar-refractivity contribution in [2.75, 3.05) is 13.1 Å². The third-order valence-electron chi connectivity index (χ3n) is 2.48. The Bertz CT molecular complexity index is 282. The summed E-state index contributed by atoms with van der Waals surface area (Å²) in [6.45, 7) is 5.48. The third-order valence-corrected chi connectivity index (χ3v) is 3.47. The lowest BCUT2D eigenvalue weighted by Gasteiger charge is -2.13. The number of thiophene rings is 1. The van der Waals surface area contributed by atoms with Gasteiger partial charge in [-0.2, -0.15) is 0 Å². The Kier molecular flexibility index (Phi) is 2.67. The van der Waals surface area contributed by atoms with Gasteiger partial charge in [0.15, 0.2) is 0 Å². The first-order valence-corrected chi connectivity index (χ1v) is 5.59. The van der Waals surface area contributed by atoms with E-state index in [2.05, 4.69) is 24.0 Å². The van der Waals surface area contributed by atoms with Crippen LogP contribution in [-0.4, -0.2) is 24.0 Å². The Morgan fingerprint density at radius 3 is 3.00 bits per heavy atom. The van der Waals surface area contributed by atoms with E-state index in [1.807, 2.05) is 11.3 Å². The lowest BCUT2D eigenvalue weighted by molar-refractivity contribution is 0.330. The van der Waals surface area contributed by atoms with Gasteiger partial charge in [-0.1, -0.05) is 0 Å². The molecule has 2 heterocycles. The van der Waals surface area contributed by atoms with Crippen LogP contribution in [-0.2, 0) is 6.54 Å². The number of rotatable bonds is 2. The van der Waals surface area contributed by atoms with Crippen molar-refractivity contribution in [2.45, 2.75) is 25.9 Å². The molecule has 1 aliphatic heterocycles. The van der Waals surface area contributed by atoms with E-state index in [0.29, 0.717) is 6.04 Å². The summed E-state index contributed by atoms with van der Waals surface area (Å²) in [4.78, 5) is 5.31. The van der Waals surface area contributed by atoms with Gasteiger partial charge in [-0.15, -0.1) is 11.3 Å². The highest BCUT2D eigenvalue weighted by atomic mass is 32.1. The van der Waals surface area contributed by atoms with Gasteiger partial charge in [-0.3, -0.25) is 4.90 Å². The monoisotopic (exact) mass is 196 g/mol. The Labute approximate surface area is 83.4 Å². The summed E-state index contributed by atoms with van der Waals surface area (Å²) in [7, 11) is 0. The van der Waals surface area contributed by atoms with Crippen molar-refractivity contribution < 1.29 is 0 Å². The van der Waals surface area contributed by atoms with Crippen LogP contribution >= 0.6 is 11.3 Å². The topological polar surface area (TPSA) is 29.3 Å². The summed E-state index contributed by atoms with van der Waals surface area (Å²) in [6, 6.07) is 4.82. The number of nitrogens with two attached hydrogens (primary N) is 1. The van der Waals surface area contributed by atoms with Crippen molar-refractivity contribution in [3.63, 3.8) is 0 Å². The van der Waals surface area contributed by atoms with Crippen LogP contribution in [0.4, 0.5) is 0 Å². The van der Waals surface area contributed by atoms with Crippen molar-refractivity contribution >= 4 is 11.3 Å². The second kappa shape index (κ2) is 3.78. The van der Waals surface area contributed by atoms with Gasteiger partial charge in [0.2, 0.25) is 0 Å². The molecule has 1 fully saturated rings. The van der Waals surface area contributed by atoms with Crippen molar-refractivity contribution in [3.8, 4) is 0 Å². The van der Waals surface area contributed by atoms with Crippen molar-refractivity contribution in [1.82, 2.24) is 4.90 Å². The normalized spacial score (nSPS) is 24.0. The van der Waals surface area contributed by atoms with Crippen LogP contribution in [0, 0.1) is 6.92 Å². The van der Waals surface area contributed by atoms with E-state index in [0.717, 1.165) is 26.1 Å². The summed E-state index contributed by atoms with van der Waals surface area (Å²) < 4.78 is 0. The minimum absolute atomic E-state index is 0.404. The summed E-state index contributed by atoms with van der Waals surface area (Å²) in [6.07, 6.45) is 1.16. The minimum Gasteiger partial charge on any atom is -0.326 e. The molecule has 0 aliphatic carbocycles. The molecular weight excluding hydrogens is 180 g/mol. The fourth-order valence-electron chi connectivity index (χ4n) is 1.80. The predicted molar refractivity (Wildman–Crippen MR) is 56.9 cm³/mol. The third kappa shape index (κ3) is 2.30. The van der Waals surface area contributed by atoms with Gasteiger partial charge in [-0.25, -0.2) is 0 Å². The average Bonchev–Trinajstić information content (AvgIpc) is 2.62. The molecule has 1 atom stereocenters. The Balaban J connectivity index is 1.91. The zero-order valence-electron chi connectivity index (χ0n) is 7.99. The summed E-state index contributed by atoms with van der Waals surface area (Å²) in [5, 5.41) is 0. The maximum atomic E-state index is 5.85. The van der Waals surface area contributed by atoms with Crippen LogP contribution in [0.1, 0.15) is 16.2 Å². The van der Waals surface area contributed by atoms with Crippen LogP contribution in [0.3, 0.4) is 0 Å². The van der Waals surface area contributed by atoms with Crippen LogP contribution in [0.2, 0.25) is 0 Å². The molecule has 1 aromatic rings. The zero-order chi connectivity index (χ0) is 9.26. The van der Waals surface area contributed by atoms with Gasteiger partial charge in [0.1, 0.15) is 0 Å². The molecule has 1 aliphatic rings. The fourth-order valence-corrected chi connectivity index (χ4v) is 2.73. The molecule has 3 heteroatoms. The van der Waals surface area contributed by atoms with E-state index in [1.165, 1.54) is 9.75 Å².